The van der Waals surface area contributed by atoms with E-state index in [4.69, 9.17) is 12.2 Å². The van der Waals surface area contributed by atoms with Gasteiger partial charge in [-0.15, -0.1) is 0 Å². The van der Waals surface area contributed by atoms with Crippen LogP contribution in [0.1, 0.15) is 29.5 Å². The molecule has 3 heterocycles. The number of nitrogens with one attached hydrogen (secondary N) is 2. The zero-order valence-electron chi connectivity index (χ0n) is 13.8. The Morgan fingerprint density at radius 3 is 2.20 bits per heavy atom. The normalized spacial score (nSPS) is 19.6. The van der Waals surface area contributed by atoms with E-state index in [-0.39, 0.29) is 10.7 Å². The number of nitrogens with zero attached hydrogens (tertiary/aromatic N) is 1. The van der Waals surface area contributed by atoms with E-state index in [1.807, 2.05) is 6.08 Å². The van der Waals surface area contributed by atoms with E-state index >= 15 is 0 Å². The van der Waals surface area contributed by atoms with Crippen molar-refractivity contribution >= 4 is 40.9 Å². The van der Waals surface area contributed by atoms with Gasteiger partial charge < -0.3 is 4.90 Å². The second-order valence-corrected chi connectivity index (χ2v) is 6.97. The molecule has 0 radical (unpaired) electrons. The molecule has 0 atom stereocenters. The lowest BCUT2D eigenvalue weighted by molar-refractivity contribution is -0.123. The quantitative estimate of drug-likeness (QED) is 0.484. The second kappa shape index (κ2) is 6.44. The number of hydrogen-bond acceptors (Lipinski definition) is 4. The van der Waals surface area contributed by atoms with Crippen molar-refractivity contribution in [2.75, 3.05) is 18.0 Å². The molecule has 3 aliphatic rings. The van der Waals surface area contributed by atoms with Crippen molar-refractivity contribution in [2.45, 2.75) is 25.7 Å². The van der Waals surface area contributed by atoms with Crippen LogP contribution in [-0.2, 0) is 22.4 Å². The molecular weight excluding hydrogens is 334 g/mol. The fourth-order valence-electron chi connectivity index (χ4n) is 3.81. The van der Waals surface area contributed by atoms with E-state index in [1.54, 1.807) is 6.08 Å². The number of benzene rings is 1. The summed E-state index contributed by atoms with van der Waals surface area (Å²) in [4.78, 5) is 26.2. The molecule has 0 unspecified atom stereocenters. The third-order valence-electron chi connectivity index (χ3n) is 4.85. The van der Waals surface area contributed by atoms with Crippen LogP contribution in [0.4, 0.5) is 5.69 Å². The van der Waals surface area contributed by atoms with Crippen molar-refractivity contribution in [2.24, 2.45) is 0 Å². The maximum absolute atomic E-state index is 11.8. The number of amides is 2. The Kier molecular flexibility index (Phi) is 4.13. The van der Waals surface area contributed by atoms with Gasteiger partial charge in [-0.2, -0.15) is 0 Å². The van der Waals surface area contributed by atoms with Crippen LogP contribution in [-0.4, -0.2) is 30.0 Å². The van der Waals surface area contributed by atoms with E-state index in [2.05, 4.69) is 27.7 Å². The van der Waals surface area contributed by atoms with Crippen molar-refractivity contribution < 1.29 is 9.59 Å². The largest absolute Gasteiger partial charge is 0.371 e. The summed E-state index contributed by atoms with van der Waals surface area (Å²) in [7, 11) is 0. The van der Waals surface area contributed by atoms with Gasteiger partial charge in [0.15, 0.2) is 5.11 Å². The minimum absolute atomic E-state index is 0.0504. The molecule has 128 valence electrons. The lowest BCUT2D eigenvalue weighted by Gasteiger charge is -2.37. The van der Waals surface area contributed by atoms with Gasteiger partial charge in [0.05, 0.1) is 0 Å². The van der Waals surface area contributed by atoms with Gasteiger partial charge in [0.1, 0.15) is 5.57 Å². The van der Waals surface area contributed by atoms with Crippen molar-refractivity contribution in [1.82, 2.24) is 10.6 Å². The molecule has 0 bridgehead atoms. The average molecular weight is 353 g/mol. The van der Waals surface area contributed by atoms with Crippen LogP contribution >= 0.6 is 12.2 Å². The van der Waals surface area contributed by atoms with E-state index in [1.165, 1.54) is 35.7 Å². The van der Waals surface area contributed by atoms with E-state index in [9.17, 15) is 9.59 Å². The Hall–Kier alpha value is -2.47. The fraction of sp³-hybridized carbons (Fsp3) is 0.316. The van der Waals surface area contributed by atoms with Crippen molar-refractivity contribution in [3.63, 3.8) is 0 Å². The lowest BCUT2D eigenvalue weighted by atomic mass is 9.90. The van der Waals surface area contributed by atoms with Gasteiger partial charge in [0.25, 0.3) is 11.8 Å². The number of allylic oxidation sites excluding steroid dienone is 2. The number of thiocarbonyl (C=S) groups is 1. The summed E-state index contributed by atoms with van der Waals surface area (Å²) in [6.45, 7) is 2.32. The van der Waals surface area contributed by atoms with Crippen LogP contribution < -0.4 is 15.5 Å². The van der Waals surface area contributed by atoms with Gasteiger partial charge in [0.2, 0.25) is 0 Å². The number of aryl methyl sites for hydroxylation is 2. The van der Waals surface area contributed by atoms with Crippen molar-refractivity contribution in [1.29, 1.82) is 0 Å². The highest BCUT2D eigenvalue weighted by Gasteiger charge is 2.25. The van der Waals surface area contributed by atoms with Crippen molar-refractivity contribution in [3.05, 3.63) is 46.5 Å². The molecule has 2 amide bonds. The highest BCUT2D eigenvalue weighted by Crippen LogP contribution is 2.36. The maximum Gasteiger partial charge on any atom is 0.263 e. The van der Waals surface area contributed by atoms with Gasteiger partial charge in [0, 0.05) is 18.8 Å². The lowest BCUT2D eigenvalue weighted by Crippen LogP contribution is -2.51. The van der Waals surface area contributed by atoms with Gasteiger partial charge in [-0.1, -0.05) is 12.2 Å². The monoisotopic (exact) mass is 353 g/mol. The molecule has 25 heavy (non-hydrogen) atoms. The van der Waals surface area contributed by atoms with Crippen LogP contribution in [0.3, 0.4) is 0 Å². The molecule has 0 spiro atoms. The minimum atomic E-state index is -0.463. The first-order valence-electron chi connectivity index (χ1n) is 8.57. The van der Waals surface area contributed by atoms with Crippen molar-refractivity contribution in [3.8, 4) is 0 Å². The zero-order valence-corrected chi connectivity index (χ0v) is 14.6. The van der Waals surface area contributed by atoms with E-state index in [0.717, 1.165) is 31.5 Å². The molecule has 1 fully saturated rings. The second-order valence-electron chi connectivity index (χ2n) is 6.56. The first kappa shape index (κ1) is 16.0. The van der Waals surface area contributed by atoms with Gasteiger partial charge in [-0.25, -0.2) is 0 Å². The molecule has 3 aliphatic heterocycles. The fourth-order valence-corrected chi connectivity index (χ4v) is 3.99. The Morgan fingerprint density at radius 1 is 1.00 bits per heavy atom. The summed E-state index contributed by atoms with van der Waals surface area (Å²) < 4.78 is 0. The summed E-state index contributed by atoms with van der Waals surface area (Å²) in [5.41, 5.74) is 5.44. The Balaban J connectivity index is 1.60. The topological polar surface area (TPSA) is 61.4 Å². The van der Waals surface area contributed by atoms with Crippen LogP contribution in [0, 0.1) is 0 Å². The van der Waals surface area contributed by atoms with Crippen LogP contribution in [0.25, 0.3) is 6.08 Å². The smallest absolute Gasteiger partial charge is 0.263 e. The molecule has 1 saturated heterocycles. The molecule has 1 aromatic carbocycles. The SMILES string of the molecule is O=C1NC(=S)NC(=O)C1=C/C=C/c1cc2c3c(c1)CCCN3CCC2. The van der Waals surface area contributed by atoms with Gasteiger partial charge >= 0.3 is 0 Å². The predicted molar refractivity (Wildman–Crippen MR) is 101 cm³/mol. The molecule has 4 rings (SSSR count). The number of carbonyl (C=O) groups is 2. The third kappa shape index (κ3) is 3.09. The number of rotatable bonds is 2. The first-order valence-corrected chi connectivity index (χ1v) is 8.98. The Morgan fingerprint density at radius 2 is 1.60 bits per heavy atom. The average Bonchev–Trinajstić information content (AvgIpc) is 2.58. The minimum Gasteiger partial charge on any atom is -0.371 e. The van der Waals surface area contributed by atoms with Crippen LogP contribution in [0.5, 0.6) is 0 Å². The highest BCUT2D eigenvalue weighted by molar-refractivity contribution is 7.80. The highest BCUT2D eigenvalue weighted by atomic mass is 32.1. The molecule has 0 saturated carbocycles. The molecule has 6 heteroatoms. The zero-order chi connectivity index (χ0) is 17.4. The molecule has 0 aromatic heterocycles. The number of hydrogen-bond donors (Lipinski definition) is 2. The summed E-state index contributed by atoms with van der Waals surface area (Å²) in [6, 6.07) is 4.45. The maximum atomic E-state index is 11.8. The number of carbonyl (C=O) groups excluding carboxylic acids is 2. The van der Waals surface area contributed by atoms with E-state index < -0.39 is 11.8 Å². The van der Waals surface area contributed by atoms with Crippen LogP contribution in [0.2, 0.25) is 0 Å². The molecule has 2 N–H and O–H groups in total. The summed E-state index contributed by atoms with van der Waals surface area (Å²) in [5, 5.41) is 4.92. The van der Waals surface area contributed by atoms with Gasteiger partial charge in [-0.05, 0) is 72.8 Å². The molecular formula is C19H19N3O2S. The summed E-state index contributed by atoms with van der Waals surface area (Å²) in [6.07, 6.45) is 9.86. The van der Waals surface area contributed by atoms with Gasteiger partial charge in [-0.3, -0.25) is 20.2 Å². The Labute approximate surface area is 151 Å². The first-order chi connectivity index (χ1) is 12.1. The molecule has 5 nitrogen and oxygen atoms in total. The molecule has 1 aromatic rings. The third-order valence-corrected chi connectivity index (χ3v) is 5.05. The predicted octanol–water partition coefficient (Wildman–Crippen LogP) is 1.86. The summed E-state index contributed by atoms with van der Waals surface area (Å²) >= 11 is 4.79. The van der Waals surface area contributed by atoms with Crippen LogP contribution in [0.15, 0.2) is 29.9 Å². The Bertz CT molecular complexity index is 788. The van der Waals surface area contributed by atoms with E-state index in [0.29, 0.717) is 0 Å². The summed E-state index contributed by atoms with van der Waals surface area (Å²) in [5.74, 6) is -0.927. The number of anilines is 1. The standard InChI is InChI=1S/C19H19N3O2S/c23-17-15(18(24)21-19(25)20-17)7-1-4-12-10-13-5-2-8-22-9-3-6-14(11-12)16(13)22/h1,4,7,10-11H,2-3,5-6,8-9H2,(H2,20,21,23,24,25)/b4-1+. The molecule has 0 aliphatic carbocycles.